The van der Waals surface area contributed by atoms with Crippen molar-refractivity contribution in [1.29, 1.82) is 0 Å². The molecule has 22 heavy (non-hydrogen) atoms. The Kier molecular flexibility index (Phi) is 6.52. The van der Waals surface area contributed by atoms with Crippen molar-refractivity contribution in [3.63, 3.8) is 0 Å². The lowest BCUT2D eigenvalue weighted by Gasteiger charge is -2.34. The number of hydrogen-bond donors (Lipinski definition) is 1. The van der Waals surface area contributed by atoms with Crippen LogP contribution in [0.5, 0.6) is 5.75 Å². The second-order valence-corrected chi connectivity index (χ2v) is 5.39. The number of benzene rings is 1. The van der Waals surface area contributed by atoms with Crippen LogP contribution >= 0.6 is 0 Å². The van der Waals surface area contributed by atoms with E-state index >= 15 is 0 Å². The summed E-state index contributed by atoms with van der Waals surface area (Å²) in [5.74, 6) is 1.84. The molecule has 1 aliphatic heterocycles. The van der Waals surface area contributed by atoms with Crippen molar-refractivity contribution in [2.75, 3.05) is 33.9 Å². The van der Waals surface area contributed by atoms with Crippen molar-refractivity contribution < 1.29 is 9.47 Å². The molecule has 5 heteroatoms. The summed E-state index contributed by atoms with van der Waals surface area (Å²) in [4.78, 5) is 6.70. The van der Waals surface area contributed by atoms with Gasteiger partial charge in [0.15, 0.2) is 5.96 Å². The van der Waals surface area contributed by atoms with Gasteiger partial charge in [-0.25, -0.2) is 0 Å². The Hall–Kier alpha value is -1.75. The fourth-order valence-corrected chi connectivity index (χ4v) is 2.77. The molecule has 0 saturated carbocycles. The number of nitrogens with zero attached hydrogens (tertiary/aromatic N) is 2. The first-order chi connectivity index (χ1) is 10.8. The number of rotatable bonds is 5. The number of nitrogens with one attached hydrogen (secondary N) is 1. The molecule has 0 atom stereocenters. The fourth-order valence-electron chi connectivity index (χ4n) is 2.77. The largest absolute Gasteiger partial charge is 0.497 e. The summed E-state index contributed by atoms with van der Waals surface area (Å²) in [6.45, 7) is 5.58. The molecule has 0 aromatic heterocycles. The van der Waals surface area contributed by atoms with Crippen LogP contribution in [0, 0.1) is 0 Å². The molecule has 1 fully saturated rings. The summed E-state index contributed by atoms with van der Waals surface area (Å²) in [5.41, 5.74) is 1.18. The van der Waals surface area contributed by atoms with Gasteiger partial charge in [0.05, 0.1) is 13.2 Å². The van der Waals surface area contributed by atoms with Crippen LogP contribution < -0.4 is 10.1 Å². The predicted octanol–water partition coefficient (Wildman–Crippen LogP) is 2.27. The smallest absolute Gasteiger partial charge is 0.193 e. The first-order valence-corrected chi connectivity index (χ1v) is 7.97. The third kappa shape index (κ3) is 4.63. The van der Waals surface area contributed by atoms with E-state index in [1.165, 1.54) is 5.56 Å². The van der Waals surface area contributed by atoms with Crippen LogP contribution in [0.1, 0.15) is 25.3 Å². The first kappa shape index (κ1) is 16.6. The van der Waals surface area contributed by atoms with E-state index in [9.17, 15) is 0 Å². The molecule has 5 nitrogen and oxygen atoms in total. The van der Waals surface area contributed by atoms with E-state index in [4.69, 9.17) is 9.47 Å². The van der Waals surface area contributed by atoms with Gasteiger partial charge in [-0.2, -0.15) is 0 Å². The van der Waals surface area contributed by atoms with Crippen molar-refractivity contribution in [2.24, 2.45) is 4.99 Å². The highest BCUT2D eigenvalue weighted by Crippen LogP contribution is 2.15. The highest BCUT2D eigenvalue weighted by atomic mass is 16.5. The molecular formula is C17H27N3O2. The molecule has 0 aliphatic carbocycles. The topological polar surface area (TPSA) is 46.1 Å². The second kappa shape index (κ2) is 8.63. The molecule has 1 aromatic carbocycles. The Labute approximate surface area is 133 Å². The highest BCUT2D eigenvalue weighted by Gasteiger charge is 2.21. The molecule has 122 valence electrons. The first-order valence-electron chi connectivity index (χ1n) is 7.97. The molecular weight excluding hydrogens is 278 g/mol. The number of aliphatic imine (C=N–C) groups is 1. The average Bonchev–Trinajstić information content (AvgIpc) is 2.57. The zero-order valence-electron chi connectivity index (χ0n) is 13.8. The Bertz CT molecular complexity index is 483. The maximum Gasteiger partial charge on any atom is 0.193 e. The van der Waals surface area contributed by atoms with E-state index in [-0.39, 0.29) is 0 Å². The van der Waals surface area contributed by atoms with Crippen LogP contribution in [0.15, 0.2) is 29.3 Å². The van der Waals surface area contributed by atoms with Gasteiger partial charge >= 0.3 is 0 Å². The van der Waals surface area contributed by atoms with Gasteiger partial charge in [0.25, 0.3) is 0 Å². The minimum Gasteiger partial charge on any atom is -0.497 e. The quantitative estimate of drug-likeness (QED) is 0.669. The standard InChI is InChI=1S/C17H27N3O2/c1-4-22-15-8-10-20(11-9-15)17(18-2)19-13-14-6-5-7-16(12-14)21-3/h5-7,12,15H,4,8-11,13H2,1-3H3,(H,18,19). The van der Waals surface area contributed by atoms with Crippen LogP contribution in [-0.2, 0) is 11.3 Å². The monoisotopic (exact) mass is 305 g/mol. The van der Waals surface area contributed by atoms with E-state index in [2.05, 4.69) is 28.2 Å². The molecule has 1 aliphatic rings. The molecule has 1 N–H and O–H groups in total. The van der Waals surface area contributed by atoms with Crippen molar-refractivity contribution in [3.8, 4) is 5.75 Å². The molecule has 0 spiro atoms. The number of guanidine groups is 1. The van der Waals surface area contributed by atoms with E-state index in [0.717, 1.165) is 50.8 Å². The lowest BCUT2D eigenvalue weighted by molar-refractivity contribution is 0.0263. The summed E-state index contributed by atoms with van der Waals surface area (Å²) >= 11 is 0. The molecule has 0 unspecified atom stereocenters. The number of hydrogen-bond acceptors (Lipinski definition) is 3. The summed E-state index contributed by atoms with van der Waals surface area (Å²) in [6, 6.07) is 8.09. The Morgan fingerprint density at radius 3 is 2.77 bits per heavy atom. The van der Waals surface area contributed by atoms with Crippen molar-refractivity contribution >= 4 is 5.96 Å². The van der Waals surface area contributed by atoms with E-state index < -0.39 is 0 Å². The molecule has 2 rings (SSSR count). The van der Waals surface area contributed by atoms with Gasteiger partial charge in [-0.1, -0.05) is 12.1 Å². The fraction of sp³-hybridized carbons (Fsp3) is 0.588. The Balaban J connectivity index is 1.85. The van der Waals surface area contributed by atoms with Gasteiger partial charge in [-0.3, -0.25) is 4.99 Å². The van der Waals surface area contributed by atoms with Crippen molar-refractivity contribution in [1.82, 2.24) is 10.2 Å². The number of ether oxygens (including phenoxy) is 2. The van der Waals surface area contributed by atoms with Gasteiger partial charge in [0.1, 0.15) is 5.75 Å². The van der Waals surface area contributed by atoms with E-state index in [0.29, 0.717) is 6.10 Å². The van der Waals surface area contributed by atoms with Gasteiger partial charge in [-0.05, 0) is 37.5 Å². The van der Waals surface area contributed by atoms with Gasteiger partial charge in [0.2, 0.25) is 0 Å². The average molecular weight is 305 g/mol. The van der Waals surface area contributed by atoms with Crippen LogP contribution in [0.25, 0.3) is 0 Å². The minimum atomic E-state index is 0.401. The third-order valence-corrected chi connectivity index (χ3v) is 3.94. The summed E-state index contributed by atoms with van der Waals surface area (Å²) in [6.07, 6.45) is 2.53. The van der Waals surface area contributed by atoms with Crippen LogP contribution in [-0.4, -0.2) is 50.8 Å². The summed E-state index contributed by atoms with van der Waals surface area (Å²) in [5, 5.41) is 3.43. The van der Waals surface area contributed by atoms with Crippen LogP contribution in [0.3, 0.4) is 0 Å². The van der Waals surface area contributed by atoms with E-state index in [1.54, 1.807) is 7.11 Å². The number of likely N-dealkylation sites (tertiary alicyclic amines) is 1. The lowest BCUT2D eigenvalue weighted by atomic mass is 10.1. The van der Waals surface area contributed by atoms with Gasteiger partial charge < -0.3 is 19.7 Å². The Morgan fingerprint density at radius 1 is 1.36 bits per heavy atom. The van der Waals surface area contributed by atoms with E-state index in [1.807, 2.05) is 25.2 Å². The molecule has 1 heterocycles. The highest BCUT2D eigenvalue weighted by molar-refractivity contribution is 5.80. The molecule has 1 aromatic rings. The summed E-state index contributed by atoms with van der Waals surface area (Å²) < 4.78 is 11.0. The summed E-state index contributed by atoms with van der Waals surface area (Å²) in [7, 11) is 3.52. The lowest BCUT2D eigenvalue weighted by Crippen LogP contribution is -2.46. The predicted molar refractivity (Wildman–Crippen MR) is 89.4 cm³/mol. The second-order valence-electron chi connectivity index (χ2n) is 5.39. The third-order valence-electron chi connectivity index (χ3n) is 3.94. The zero-order chi connectivity index (χ0) is 15.8. The zero-order valence-corrected chi connectivity index (χ0v) is 13.8. The molecule has 1 saturated heterocycles. The maximum atomic E-state index is 5.70. The molecule has 0 bridgehead atoms. The van der Waals surface area contributed by atoms with Crippen LogP contribution in [0.4, 0.5) is 0 Å². The number of piperidine rings is 1. The SMILES string of the molecule is CCOC1CCN(C(=NC)NCc2cccc(OC)c2)CC1. The van der Waals surface area contributed by atoms with Gasteiger partial charge in [0, 0.05) is 33.3 Å². The van der Waals surface area contributed by atoms with Gasteiger partial charge in [-0.15, -0.1) is 0 Å². The molecule has 0 radical (unpaired) electrons. The number of methoxy groups -OCH3 is 1. The van der Waals surface area contributed by atoms with Crippen molar-refractivity contribution in [2.45, 2.75) is 32.4 Å². The Morgan fingerprint density at radius 2 is 2.14 bits per heavy atom. The maximum absolute atomic E-state index is 5.70. The van der Waals surface area contributed by atoms with Crippen molar-refractivity contribution in [3.05, 3.63) is 29.8 Å². The van der Waals surface area contributed by atoms with Crippen LogP contribution in [0.2, 0.25) is 0 Å². The minimum absolute atomic E-state index is 0.401. The normalized spacial score (nSPS) is 16.7. The molecule has 0 amide bonds.